The molecule has 0 aromatic rings. The minimum Gasteiger partial charge on any atom is -0.464 e. The number of aliphatic hydroxyl groups is 1. The number of rotatable bonds is 6. The number of hydrogen-bond donors (Lipinski definition) is 1. The van der Waals surface area contributed by atoms with E-state index in [1.165, 1.54) is 0 Å². The normalized spacial score (nSPS) is 12.6. The number of esters is 1. The summed E-state index contributed by atoms with van der Waals surface area (Å²) in [7, 11) is 0. The van der Waals surface area contributed by atoms with Crippen LogP contribution in [-0.2, 0) is 9.53 Å². The average molecular weight is 174 g/mol. The molecule has 0 aliphatic carbocycles. The Morgan fingerprint density at radius 3 is 2.58 bits per heavy atom. The van der Waals surface area contributed by atoms with Crippen molar-refractivity contribution in [2.45, 2.75) is 45.6 Å². The van der Waals surface area contributed by atoms with Gasteiger partial charge in [-0.3, -0.25) is 0 Å². The van der Waals surface area contributed by atoms with Gasteiger partial charge < -0.3 is 9.84 Å². The SMILES string of the molecule is CCCCOC(=O)C(O)CCC. The van der Waals surface area contributed by atoms with Gasteiger partial charge in [-0.1, -0.05) is 26.7 Å². The van der Waals surface area contributed by atoms with Gasteiger partial charge in [0.25, 0.3) is 0 Å². The highest BCUT2D eigenvalue weighted by Gasteiger charge is 2.14. The second-order valence-corrected chi connectivity index (χ2v) is 2.83. The van der Waals surface area contributed by atoms with Crippen molar-refractivity contribution in [1.82, 2.24) is 0 Å². The van der Waals surface area contributed by atoms with Crippen molar-refractivity contribution in [2.75, 3.05) is 6.61 Å². The zero-order valence-corrected chi connectivity index (χ0v) is 7.88. The molecule has 0 saturated carbocycles. The van der Waals surface area contributed by atoms with Gasteiger partial charge in [0.15, 0.2) is 6.10 Å². The first-order valence-corrected chi connectivity index (χ1v) is 4.57. The van der Waals surface area contributed by atoms with Gasteiger partial charge in [0.05, 0.1) is 6.61 Å². The second kappa shape index (κ2) is 7.10. The van der Waals surface area contributed by atoms with Crippen LogP contribution < -0.4 is 0 Å². The molecular formula is C9H18O3. The molecule has 3 heteroatoms. The van der Waals surface area contributed by atoms with Crippen LogP contribution in [0.15, 0.2) is 0 Å². The van der Waals surface area contributed by atoms with E-state index < -0.39 is 12.1 Å². The Balaban J connectivity index is 3.43. The van der Waals surface area contributed by atoms with E-state index in [2.05, 4.69) is 0 Å². The molecule has 1 N–H and O–H groups in total. The van der Waals surface area contributed by atoms with Gasteiger partial charge in [-0.15, -0.1) is 0 Å². The molecule has 72 valence electrons. The van der Waals surface area contributed by atoms with Crippen LogP contribution in [0.4, 0.5) is 0 Å². The molecule has 12 heavy (non-hydrogen) atoms. The van der Waals surface area contributed by atoms with Crippen LogP contribution in [0.1, 0.15) is 39.5 Å². The maximum absolute atomic E-state index is 10.9. The van der Waals surface area contributed by atoms with Crippen molar-refractivity contribution < 1.29 is 14.6 Å². The number of carbonyl (C=O) groups is 1. The van der Waals surface area contributed by atoms with Gasteiger partial charge in [-0.25, -0.2) is 4.79 Å². The molecule has 0 aliphatic heterocycles. The van der Waals surface area contributed by atoms with Gasteiger partial charge in [0.1, 0.15) is 0 Å². The summed E-state index contributed by atoms with van der Waals surface area (Å²) in [5, 5.41) is 9.14. The number of unbranched alkanes of at least 4 members (excludes halogenated alkanes) is 1. The Kier molecular flexibility index (Phi) is 6.76. The third-order valence-corrected chi connectivity index (χ3v) is 1.58. The fourth-order valence-electron chi connectivity index (χ4n) is 0.805. The molecule has 0 aliphatic rings. The first-order chi connectivity index (χ1) is 5.72. The van der Waals surface area contributed by atoms with Gasteiger partial charge in [-0.05, 0) is 12.8 Å². The molecular weight excluding hydrogens is 156 g/mol. The summed E-state index contributed by atoms with van der Waals surface area (Å²) in [6.45, 7) is 4.37. The quantitative estimate of drug-likeness (QED) is 0.490. The zero-order chi connectivity index (χ0) is 9.40. The van der Waals surface area contributed by atoms with Crippen LogP contribution in [0.5, 0.6) is 0 Å². The summed E-state index contributed by atoms with van der Waals surface area (Å²) in [6, 6.07) is 0. The molecule has 0 heterocycles. The Bertz CT molecular complexity index is 123. The lowest BCUT2D eigenvalue weighted by Gasteiger charge is -2.08. The lowest BCUT2D eigenvalue weighted by atomic mass is 10.2. The minimum atomic E-state index is -0.924. The Morgan fingerprint density at radius 1 is 1.42 bits per heavy atom. The number of aliphatic hydroxyl groups excluding tert-OH is 1. The minimum absolute atomic E-state index is 0.427. The second-order valence-electron chi connectivity index (χ2n) is 2.83. The highest BCUT2D eigenvalue weighted by molar-refractivity contribution is 5.74. The topological polar surface area (TPSA) is 46.5 Å². The highest BCUT2D eigenvalue weighted by Crippen LogP contribution is 1.99. The molecule has 1 unspecified atom stereocenters. The third kappa shape index (κ3) is 5.13. The molecule has 1 atom stereocenters. The van der Waals surface area contributed by atoms with E-state index in [4.69, 9.17) is 9.84 Å². The lowest BCUT2D eigenvalue weighted by Crippen LogP contribution is -2.23. The Labute approximate surface area is 73.7 Å². The van der Waals surface area contributed by atoms with Crippen molar-refractivity contribution in [1.29, 1.82) is 0 Å². The van der Waals surface area contributed by atoms with Crippen LogP contribution in [0.3, 0.4) is 0 Å². The van der Waals surface area contributed by atoms with Gasteiger partial charge in [-0.2, -0.15) is 0 Å². The predicted molar refractivity (Wildman–Crippen MR) is 46.8 cm³/mol. The largest absolute Gasteiger partial charge is 0.464 e. The Hall–Kier alpha value is -0.570. The van der Waals surface area contributed by atoms with Gasteiger partial charge >= 0.3 is 5.97 Å². The third-order valence-electron chi connectivity index (χ3n) is 1.58. The number of ether oxygens (including phenoxy) is 1. The summed E-state index contributed by atoms with van der Waals surface area (Å²) in [5.74, 6) is -0.481. The molecule has 0 radical (unpaired) electrons. The van der Waals surface area contributed by atoms with Gasteiger partial charge in [0, 0.05) is 0 Å². The molecule has 0 bridgehead atoms. The molecule has 0 aromatic heterocycles. The molecule has 0 amide bonds. The predicted octanol–water partition coefficient (Wildman–Crippen LogP) is 1.49. The summed E-state index contributed by atoms with van der Waals surface area (Å²) in [5.41, 5.74) is 0. The summed E-state index contributed by atoms with van der Waals surface area (Å²) >= 11 is 0. The van der Waals surface area contributed by atoms with E-state index >= 15 is 0 Å². The van der Waals surface area contributed by atoms with Crippen LogP contribution in [-0.4, -0.2) is 23.8 Å². The zero-order valence-electron chi connectivity index (χ0n) is 7.88. The van der Waals surface area contributed by atoms with Crippen molar-refractivity contribution in [3.05, 3.63) is 0 Å². The molecule has 0 fully saturated rings. The molecule has 0 rings (SSSR count). The monoisotopic (exact) mass is 174 g/mol. The van der Waals surface area contributed by atoms with Crippen LogP contribution in [0, 0.1) is 0 Å². The number of hydrogen-bond acceptors (Lipinski definition) is 3. The molecule has 3 nitrogen and oxygen atoms in total. The summed E-state index contributed by atoms with van der Waals surface area (Å²) in [6.07, 6.45) is 2.23. The standard InChI is InChI=1S/C9H18O3/c1-3-5-7-12-9(11)8(10)6-4-2/h8,10H,3-7H2,1-2H3. The smallest absolute Gasteiger partial charge is 0.334 e. The van der Waals surface area contributed by atoms with Crippen molar-refractivity contribution in [2.24, 2.45) is 0 Å². The highest BCUT2D eigenvalue weighted by atomic mass is 16.5. The van der Waals surface area contributed by atoms with Crippen LogP contribution in [0.25, 0.3) is 0 Å². The lowest BCUT2D eigenvalue weighted by molar-refractivity contribution is -0.154. The maximum Gasteiger partial charge on any atom is 0.334 e. The van der Waals surface area contributed by atoms with Crippen molar-refractivity contribution in [3.63, 3.8) is 0 Å². The van der Waals surface area contributed by atoms with Crippen LogP contribution >= 0.6 is 0 Å². The van der Waals surface area contributed by atoms with E-state index in [0.29, 0.717) is 13.0 Å². The number of carbonyl (C=O) groups excluding carboxylic acids is 1. The van der Waals surface area contributed by atoms with Gasteiger partial charge in [0.2, 0.25) is 0 Å². The van der Waals surface area contributed by atoms with Crippen LogP contribution in [0.2, 0.25) is 0 Å². The van der Waals surface area contributed by atoms with E-state index in [-0.39, 0.29) is 0 Å². The van der Waals surface area contributed by atoms with Crippen molar-refractivity contribution >= 4 is 5.97 Å². The summed E-state index contributed by atoms with van der Waals surface area (Å²) < 4.78 is 4.81. The van der Waals surface area contributed by atoms with Crippen molar-refractivity contribution in [3.8, 4) is 0 Å². The molecule has 0 saturated heterocycles. The maximum atomic E-state index is 10.9. The average Bonchev–Trinajstić information content (AvgIpc) is 2.05. The fraction of sp³-hybridized carbons (Fsp3) is 0.889. The van der Waals surface area contributed by atoms with E-state index in [1.54, 1.807) is 0 Å². The summed E-state index contributed by atoms with van der Waals surface area (Å²) in [4.78, 5) is 10.9. The Morgan fingerprint density at radius 2 is 2.08 bits per heavy atom. The first-order valence-electron chi connectivity index (χ1n) is 4.57. The van der Waals surface area contributed by atoms with E-state index in [0.717, 1.165) is 19.3 Å². The molecule has 0 aromatic carbocycles. The van der Waals surface area contributed by atoms with E-state index in [9.17, 15) is 4.79 Å². The first kappa shape index (κ1) is 11.4. The van der Waals surface area contributed by atoms with E-state index in [1.807, 2.05) is 13.8 Å². The fourth-order valence-corrected chi connectivity index (χ4v) is 0.805. The molecule has 0 spiro atoms.